The molecule has 0 unspecified atom stereocenters. The summed E-state index contributed by atoms with van der Waals surface area (Å²) in [7, 11) is 0. The molecule has 0 fully saturated rings. The number of nitrogens with zero attached hydrogens (tertiary/aromatic N) is 2. The van der Waals surface area contributed by atoms with Crippen LogP contribution >= 0.6 is 39.2 Å². The molecule has 0 aliphatic heterocycles. The van der Waals surface area contributed by atoms with Crippen molar-refractivity contribution in [3.8, 4) is 11.4 Å². The number of benzene rings is 1. The van der Waals surface area contributed by atoms with Gasteiger partial charge in [0, 0.05) is 10.0 Å². The van der Waals surface area contributed by atoms with Gasteiger partial charge < -0.3 is 0 Å². The van der Waals surface area contributed by atoms with E-state index in [0.717, 1.165) is 26.0 Å². The summed E-state index contributed by atoms with van der Waals surface area (Å²) >= 11 is 6.60. The van der Waals surface area contributed by atoms with Crippen LogP contribution in [-0.4, -0.2) is 15.1 Å². The molecule has 5 heteroatoms. The average molecular weight is 301 g/mol. The van der Waals surface area contributed by atoms with Crippen LogP contribution < -0.4 is 0 Å². The molecule has 0 bridgehead atoms. The van der Waals surface area contributed by atoms with Crippen molar-refractivity contribution in [3.05, 3.63) is 28.7 Å². The number of hydrogen-bond donors (Lipinski definition) is 0. The number of halogens is 1. The fourth-order valence-corrected chi connectivity index (χ4v) is 2.88. The minimum absolute atomic E-state index is 0.823. The van der Waals surface area contributed by atoms with Crippen molar-refractivity contribution >= 4 is 39.2 Å². The Bertz CT molecular complexity index is 439. The standard InChI is InChI=1S/C10H9BrN2S2/c1-2-14-10-12-9(13-15-10)7-3-5-8(11)6-4-7/h3-6H,2H2,1H3. The number of aromatic nitrogens is 2. The van der Waals surface area contributed by atoms with Crippen LogP contribution in [0.4, 0.5) is 0 Å². The molecule has 2 aromatic rings. The van der Waals surface area contributed by atoms with Gasteiger partial charge in [0.15, 0.2) is 10.2 Å². The second kappa shape index (κ2) is 5.09. The molecule has 0 spiro atoms. The molecule has 0 radical (unpaired) electrons. The Balaban J connectivity index is 2.25. The van der Waals surface area contributed by atoms with Gasteiger partial charge in [-0.15, -0.1) is 0 Å². The van der Waals surface area contributed by atoms with Crippen LogP contribution in [0.1, 0.15) is 6.92 Å². The van der Waals surface area contributed by atoms with Crippen LogP contribution in [-0.2, 0) is 0 Å². The van der Waals surface area contributed by atoms with Gasteiger partial charge in [-0.3, -0.25) is 0 Å². The Morgan fingerprint density at radius 3 is 2.73 bits per heavy atom. The molecule has 78 valence electrons. The van der Waals surface area contributed by atoms with E-state index >= 15 is 0 Å². The molecule has 1 aromatic carbocycles. The van der Waals surface area contributed by atoms with E-state index in [0.29, 0.717) is 0 Å². The molecule has 15 heavy (non-hydrogen) atoms. The van der Waals surface area contributed by atoms with Gasteiger partial charge in [-0.1, -0.05) is 46.7 Å². The summed E-state index contributed by atoms with van der Waals surface area (Å²) < 4.78 is 6.44. The topological polar surface area (TPSA) is 25.8 Å². The largest absolute Gasteiger partial charge is 0.208 e. The normalized spacial score (nSPS) is 10.5. The zero-order chi connectivity index (χ0) is 10.7. The third-order valence-electron chi connectivity index (χ3n) is 1.78. The minimum atomic E-state index is 0.823. The maximum absolute atomic E-state index is 4.45. The first-order chi connectivity index (χ1) is 7.29. The highest BCUT2D eigenvalue weighted by atomic mass is 79.9. The lowest BCUT2D eigenvalue weighted by molar-refractivity contribution is 1.22. The van der Waals surface area contributed by atoms with Gasteiger partial charge in [0.25, 0.3) is 0 Å². The maximum Gasteiger partial charge on any atom is 0.174 e. The summed E-state index contributed by atoms with van der Waals surface area (Å²) in [5.41, 5.74) is 1.07. The highest BCUT2D eigenvalue weighted by Gasteiger charge is 2.05. The van der Waals surface area contributed by atoms with Gasteiger partial charge in [0.1, 0.15) is 0 Å². The first kappa shape index (κ1) is 11.1. The predicted octanol–water partition coefficient (Wildman–Crippen LogP) is 4.08. The second-order valence-electron chi connectivity index (χ2n) is 2.82. The monoisotopic (exact) mass is 300 g/mol. The third-order valence-corrected chi connectivity index (χ3v) is 4.02. The van der Waals surface area contributed by atoms with Gasteiger partial charge in [-0.2, -0.15) is 4.37 Å². The Hall–Kier alpha value is -0.390. The fraction of sp³-hybridized carbons (Fsp3) is 0.200. The lowest BCUT2D eigenvalue weighted by Crippen LogP contribution is -1.79. The van der Waals surface area contributed by atoms with Crippen molar-refractivity contribution in [1.82, 2.24) is 9.36 Å². The van der Waals surface area contributed by atoms with E-state index in [1.807, 2.05) is 24.3 Å². The van der Waals surface area contributed by atoms with Crippen molar-refractivity contribution in [3.63, 3.8) is 0 Å². The molecule has 0 N–H and O–H groups in total. The van der Waals surface area contributed by atoms with Crippen LogP contribution in [0.2, 0.25) is 0 Å². The molecule has 0 saturated heterocycles. The van der Waals surface area contributed by atoms with Gasteiger partial charge in [-0.05, 0) is 29.4 Å². The van der Waals surface area contributed by atoms with Crippen molar-refractivity contribution in [2.75, 3.05) is 5.75 Å². The smallest absolute Gasteiger partial charge is 0.174 e. The minimum Gasteiger partial charge on any atom is -0.208 e. The van der Waals surface area contributed by atoms with Crippen LogP contribution in [0.5, 0.6) is 0 Å². The molecule has 0 aliphatic carbocycles. The first-order valence-corrected chi connectivity index (χ1v) is 7.07. The summed E-state index contributed by atoms with van der Waals surface area (Å²) in [6, 6.07) is 8.05. The quantitative estimate of drug-likeness (QED) is 0.799. The number of rotatable bonds is 3. The van der Waals surface area contributed by atoms with Gasteiger partial charge >= 0.3 is 0 Å². The molecule has 1 aromatic heterocycles. The summed E-state index contributed by atoms with van der Waals surface area (Å²) in [5.74, 6) is 1.86. The van der Waals surface area contributed by atoms with Crippen LogP contribution in [0.15, 0.2) is 33.1 Å². The Kier molecular flexibility index (Phi) is 3.77. The van der Waals surface area contributed by atoms with E-state index in [9.17, 15) is 0 Å². The van der Waals surface area contributed by atoms with E-state index in [2.05, 4.69) is 32.2 Å². The number of thioether (sulfide) groups is 1. The number of hydrogen-bond acceptors (Lipinski definition) is 4. The van der Waals surface area contributed by atoms with Crippen molar-refractivity contribution in [2.45, 2.75) is 11.3 Å². The highest BCUT2D eigenvalue weighted by Crippen LogP contribution is 2.25. The SMILES string of the molecule is CCSc1nc(-c2ccc(Br)cc2)ns1. The predicted molar refractivity (Wildman–Crippen MR) is 69.4 cm³/mol. The highest BCUT2D eigenvalue weighted by molar-refractivity contribution is 9.10. The molecule has 0 aliphatic rings. The zero-order valence-corrected chi connectivity index (χ0v) is 11.3. The lowest BCUT2D eigenvalue weighted by Gasteiger charge is -1.94. The van der Waals surface area contributed by atoms with E-state index in [1.165, 1.54) is 11.5 Å². The summed E-state index contributed by atoms with van der Waals surface area (Å²) in [5, 5.41) is 0. The Morgan fingerprint density at radius 1 is 1.33 bits per heavy atom. The van der Waals surface area contributed by atoms with Gasteiger partial charge in [0.05, 0.1) is 0 Å². The lowest BCUT2D eigenvalue weighted by atomic mass is 10.2. The van der Waals surface area contributed by atoms with E-state index < -0.39 is 0 Å². The summed E-state index contributed by atoms with van der Waals surface area (Å²) in [6.45, 7) is 2.12. The van der Waals surface area contributed by atoms with E-state index in [-0.39, 0.29) is 0 Å². The van der Waals surface area contributed by atoms with Gasteiger partial charge in [-0.25, -0.2) is 4.98 Å². The zero-order valence-electron chi connectivity index (χ0n) is 8.11. The van der Waals surface area contributed by atoms with E-state index in [4.69, 9.17) is 0 Å². The van der Waals surface area contributed by atoms with Gasteiger partial charge in [0.2, 0.25) is 0 Å². The molecule has 2 nitrogen and oxygen atoms in total. The summed E-state index contributed by atoms with van der Waals surface area (Å²) in [4.78, 5) is 4.45. The van der Waals surface area contributed by atoms with Crippen molar-refractivity contribution in [1.29, 1.82) is 0 Å². The van der Waals surface area contributed by atoms with Crippen LogP contribution in [0, 0.1) is 0 Å². The second-order valence-corrected chi connectivity index (χ2v) is 6.00. The van der Waals surface area contributed by atoms with E-state index in [1.54, 1.807) is 11.8 Å². The molecule has 0 amide bonds. The fourth-order valence-electron chi connectivity index (χ4n) is 1.11. The van der Waals surface area contributed by atoms with Crippen molar-refractivity contribution in [2.24, 2.45) is 0 Å². The Morgan fingerprint density at radius 2 is 2.07 bits per heavy atom. The van der Waals surface area contributed by atoms with Crippen molar-refractivity contribution < 1.29 is 0 Å². The van der Waals surface area contributed by atoms with Crippen LogP contribution in [0.25, 0.3) is 11.4 Å². The molecule has 1 heterocycles. The molecule has 2 rings (SSSR count). The molecular formula is C10H9BrN2S2. The molecular weight excluding hydrogens is 292 g/mol. The third kappa shape index (κ3) is 2.80. The first-order valence-electron chi connectivity index (χ1n) is 4.52. The maximum atomic E-state index is 4.45. The average Bonchev–Trinajstić information content (AvgIpc) is 2.68. The molecule has 0 saturated carbocycles. The van der Waals surface area contributed by atoms with Crippen LogP contribution in [0.3, 0.4) is 0 Å². The molecule has 0 atom stereocenters. The summed E-state index contributed by atoms with van der Waals surface area (Å²) in [6.07, 6.45) is 0. The Labute approximate surface area is 105 Å².